The maximum absolute atomic E-state index is 12.4. The van der Waals surface area contributed by atoms with Crippen molar-refractivity contribution in [2.24, 2.45) is 0 Å². The Morgan fingerprint density at radius 1 is 1.17 bits per heavy atom. The summed E-state index contributed by atoms with van der Waals surface area (Å²) in [6.45, 7) is -5.91. The van der Waals surface area contributed by atoms with Crippen LogP contribution in [0.3, 0.4) is 0 Å². The van der Waals surface area contributed by atoms with Crippen LogP contribution in [0, 0.1) is 0 Å². The number of rotatable bonds is 6. The van der Waals surface area contributed by atoms with Crippen molar-refractivity contribution < 1.29 is 36.6 Å². The van der Waals surface area contributed by atoms with E-state index >= 15 is 0 Å². The van der Waals surface area contributed by atoms with Crippen LogP contribution in [0.1, 0.15) is 17.9 Å². The minimum Gasteiger partial charge on any atom is -0.468 e. The molecular weight excluding hydrogens is 358 g/mol. The molecule has 2 atom stereocenters. The predicted octanol–water partition coefficient (Wildman–Crippen LogP) is 2.93. The number of benzene rings is 1. The second-order valence-electron chi connectivity index (χ2n) is 4.88. The van der Waals surface area contributed by atoms with Crippen LogP contribution in [-0.2, 0) is 9.53 Å². The van der Waals surface area contributed by atoms with Crippen molar-refractivity contribution in [2.45, 2.75) is 31.6 Å². The molecule has 1 fully saturated rings. The first-order chi connectivity index (χ1) is 10.9. The number of carbonyl (C=O) groups excluding carboxylic acids is 1. The van der Waals surface area contributed by atoms with Crippen molar-refractivity contribution in [2.75, 3.05) is 13.7 Å². The molecule has 2 rings (SSSR count). The summed E-state index contributed by atoms with van der Waals surface area (Å²) < 4.78 is 62.5. The fourth-order valence-electron chi connectivity index (χ4n) is 2.47. The first kappa shape index (κ1) is 20.3. The average molecular weight is 374 g/mol. The molecule has 1 aromatic carbocycles. The molecule has 1 aliphatic rings. The van der Waals surface area contributed by atoms with Gasteiger partial charge in [-0.3, -0.25) is 4.79 Å². The quantitative estimate of drug-likeness (QED) is 0.614. The van der Waals surface area contributed by atoms with Gasteiger partial charge < -0.3 is 19.5 Å². The molecule has 0 spiro atoms. The Kier molecular flexibility index (Phi) is 7.56. The number of hydrogen-bond acceptors (Lipinski definition) is 5. The highest BCUT2D eigenvalue weighted by atomic mass is 35.5. The minimum absolute atomic E-state index is 0. The number of methoxy groups -OCH3 is 1. The van der Waals surface area contributed by atoms with E-state index in [0.717, 1.165) is 6.07 Å². The van der Waals surface area contributed by atoms with E-state index in [1.807, 2.05) is 0 Å². The standard InChI is InChI=1S/C14H15F4NO4.ClH/c1-21-12(20)9-4-8(6-19-9)7-2-3-10(22-13(15)16)11(5-7)23-14(17)18;/h2-3,5,8-9,13-14,19H,4,6H2,1H3;1H. The van der Waals surface area contributed by atoms with Gasteiger partial charge in [-0.05, 0) is 30.0 Å². The Labute approximate surface area is 141 Å². The Bertz CT molecular complexity index is 562. The van der Waals surface area contributed by atoms with Crippen molar-refractivity contribution in [3.63, 3.8) is 0 Å². The van der Waals surface area contributed by atoms with E-state index < -0.39 is 36.7 Å². The van der Waals surface area contributed by atoms with Crippen LogP contribution in [-0.4, -0.2) is 38.9 Å². The molecule has 0 bridgehead atoms. The molecule has 0 aliphatic carbocycles. The lowest BCUT2D eigenvalue weighted by molar-refractivity contribution is -0.142. The largest absolute Gasteiger partial charge is 0.468 e. The Morgan fingerprint density at radius 2 is 1.79 bits per heavy atom. The third-order valence-electron chi connectivity index (χ3n) is 3.49. The molecule has 2 unspecified atom stereocenters. The van der Waals surface area contributed by atoms with E-state index in [9.17, 15) is 22.4 Å². The van der Waals surface area contributed by atoms with Gasteiger partial charge in [-0.15, -0.1) is 12.4 Å². The fourth-order valence-corrected chi connectivity index (χ4v) is 2.47. The summed E-state index contributed by atoms with van der Waals surface area (Å²) in [6.07, 6.45) is 0.399. The van der Waals surface area contributed by atoms with Gasteiger partial charge in [-0.1, -0.05) is 6.07 Å². The maximum Gasteiger partial charge on any atom is 0.387 e. The fraction of sp³-hybridized carbons (Fsp3) is 0.500. The summed E-state index contributed by atoms with van der Waals surface area (Å²) in [5.74, 6) is -1.53. The summed E-state index contributed by atoms with van der Waals surface area (Å²) in [6, 6.07) is 3.34. The molecule has 1 aromatic rings. The zero-order valence-electron chi connectivity index (χ0n) is 12.5. The third-order valence-corrected chi connectivity index (χ3v) is 3.49. The highest BCUT2D eigenvalue weighted by Crippen LogP contribution is 2.35. The summed E-state index contributed by atoms with van der Waals surface area (Å²) >= 11 is 0. The third kappa shape index (κ3) is 5.13. The number of halogens is 5. The molecule has 1 aliphatic heterocycles. The molecule has 5 nitrogen and oxygen atoms in total. The minimum atomic E-state index is -3.17. The van der Waals surface area contributed by atoms with Gasteiger partial charge in [0.25, 0.3) is 0 Å². The predicted molar refractivity (Wildman–Crippen MR) is 78.1 cm³/mol. The summed E-state index contributed by atoms with van der Waals surface area (Å²) in [5, 5.41) is 2.95. The van der Waals surface area contributed by atoms with Crippen LogP contribution in [0.15, 0.2) is 18.2 Å². The Hall–Kier alpha value is -1.74. The SMILES string of the molecule is COC(=O)C1CC(c2ccc(OC(F)F)c(OC(F)F)c2)CN1.Cl. The lowest BCUT2D eigenvalue weighted by Crippen LogP contribution is -2.31. The van der Waals surface area contributed by atoms with Gasteiger partial charge in [0.05, 0.1) is 7.11 Å². The van der Waals surface area contributed by atoms with Gasteiger partial charge >= 0.3 is 19.2 Å². The lowest BCUT2D eigenvalue weighted by atomic mass is 9.96. The van der Waals surface area contributed by atoms with Gasteiger partial charge in [-0.25, -0.2) is 0 Å². The van der Waals surface area contributed by atoms with Crippen molar-refractivity contribution in [1.29, 1.82) is 0 Å². The molecule has 0 saturated carbocycles. The van der Waals surface area contributed by atoms with Gasteiger partial charge in [0.15, 0.2) is 11.5 Å². The van der Waals surface area contributed by atoms with E-state index in [-0.39, 0.29) is 18.3 Å². The average Bonchev–Trinajstić information content (AvgIpc) is 2.97. The molecule has 10 heteroatoms. The van der Waals surface area contributed by atoms with Crippen molar-refractivity contribution in [3.05, 3.63) is 23.8 Å². The maximum atomic E-state index is 12.4. The molecule has 136 valence electrons. The zero-order valence-corrected chi connectivity index (χ0v) is 13.3. The number of hydrogen-bond donors (Lipinski definition) is 1. The number of carbonyl (C=O) groups is 1. The van der Waals surface area contributed by atoms with Crippen LogP contribution >= 0.6 is 12.4 Å². The van der Waals surface area contributed by atoms with Crippen molar-refractivity contribution >= 4 is 18.4 Å². The van der Waals surface area contributed by atoms with E-state index in [2.05, 4.69) is 19.5 Å². The van der Waals surface area contributed by atoms with Crippen LogP contribution in [0.4, 0.5) is 17.6 Å². The Balaban J connectivity index is 0.00000288. The molecule has 0 aromatic heterocycles. The van der Waals surface area contributed by atoms with Gasteiger partial charge in [0.2, 0.25) is 0 Å². The number of alkyl halides is 4. The molecule has 1 saturated heterocycles. The Morgan fingerprint density at radius 3 is 2.38 bits per heavy atom. The smallest absolute Gasteiger partial charge is 0.387 e. The van der Waals surface area contributed by atoms with Gasteiger partial charge in [-0.2, -0.15) is 17.6 Å². The number of ether oxygens (including phenoxy) is 3. The summed E-state index contributed by atoms with van der Waals surface area (Å²) in [7, 11) is 1.27. The van der Waals surface area contributed by atoms with Crippen LogP contribution in [0.5, 0.6) is 11.5 Å². The highest BCUT2D eigenvalue weighted by molar-refractivity contribution is 5.85. The van der Waals surface area contributed by atoms with Gasteiger partial charge in [0.1, 0.15) is 6.04 Å². The molecule has 0 amide bonds. The van der Waals surface area contributed by atoms with E-state index in [4.69, 9.17) is 0 Å². The van der Waals surface area contributed by atoms with Crippen molar-refractivity contribution in [1.82, 2.24) is 5.32 Å². The monoisotopic (exact) mass is 373 g/mol. The first-order valence-electron chi connectivity index (χ1n) is 6.75. The molecule has 1 N–H and O–H groups in total. The van der Waals surface area contributed by atoms with Crippen LogP contribution in [0.2, 0.25) is 0 Å². The number of nitrogens with one attached hydrogen (secondary N) is 1. The second-order valence-corrected chi connectivity index (χ2v) is 4.88. The zero-order chi connectivity index (χ0) is 17.0. The van der Waals surface area contributed by atoms with E-state index in [0.29, 0.717) is 18.5 Å². The van der Waals surface area contributed by atoms with E-state index in [1.165, 1.54) is 19.2 Å². The van der Waals surface area contributed by atoms with Crippen LogP contribution in [0.25, 0.3) is 0 Å². The number of esters is 1. The lowest BCUT2D eigenvalue weighted by Gasteiger charge is -2.15. The molecule has 0 radical (unpaired) electrons. The topological polar surface area (TPSA) is 56.8 Å². The molecule has 1 heterocycles. The molecular formula is C14H16ClF4NO4. The molecule has 24 heavy (non-hydrogen) atoms. The highest BCUT2D eigenvalue weighted by Gasteiger charge is 2.31. The van der Waals surface area contributed by atoms with E-state index in [1.54, 1.807) is 0 Å². The summed E-state index contributed by atoms with van der Waals surface area (Å²) in [4.78, 5) is 11.5. The van der Waals surface area contributed by atoms with Gasteiger partial charge in [0, 0.05) is 6.54 Å². The second kappa shape index (κ2) is 8.93. The normalized spacial score (nSPS) is 20.0. The van der Waals surface area contributed by atoms with Crippen LogP contribution < -0.4 is 14.8 Å². The first-order valence-corrected chi connectivity index (χ1v) is 6.75. The van der Waals surface area contributed by atoms with Crippen molar-refractivity contribution in [3.8, 4) is 11.5 Å². The summed E-state index contributed by atoms with van der Waals surface area (Å²) in [5.41, 5.74) is 0.571.